The van der Waals surface area contributed by atoms with E-state index in [1.165, 1.54) is 37.0 Å². The van der Waals surface area contributed by atoms with Gasteiger partial charge in [0.1, 0.15) is 0 Å². The number of hydrogen-bond donors (Lipinski definition) is 1. The SMILES string of the molecule is CCC/C=C(\c1ccc([N+](=O)[O-])cc1C)C(O)(CSC)C(F)(F)F.CCc1ccccc1. The quantitative estimate of drug-likeness (QED) is 0.334. The molecule has 176 valence electrons. The zero-order valence-corrected chi connectivity index (χ0v) is 19.6. The van der Waals surface area contributed by atoms with Gasteiger partial charge in [-0.2, -0.15) is 24.9 Å². The number of nitro benzene ring substituents is 1. The summed E-state index contributed by atoms with van der Waals surface area (Å²) >= 11 is 0.887. The summed E-state index contributed by atoms with van der Waals surface area (Å²) in [6.45, 7) is 5.48. The van der Waals surface area contributed by atoms with Crippen LogP contribution in [0.5, 0.6) is 0 Å². The van der Waals surface area contributed by atoms with Crippen LogP contribution in [0.4, 0.5) is 18.9 Å². The number of hydrogen-bond acceptors (Lipinski definition) is 4. The Labute approximate surface area is 191 Å². The highest BCUT2D eigenvalue weighted by molar-refractivity contribution is 7.98. The molecule has 0 fully saturated rings. The van der Waals surface area contributed by atoms with Crippen LogP contribution in [0.25, 0.3) is 5.57 Å². The van der Waals surface area contributed by atoms with E-state index in [9.17, 15) is 28.4 Å². The molecule has 2 rings (SSSR count). The van der Waals surface area contributed by atoms with Crippen LogP contribution in [0.3, 0.4) is 0 Å². The molecule has 0 saturated heterocycles. The Morgan fingerprint density at radius 2 is 1.78 bits per heavy atom. The molecule has 0 aliphatic rings. The van der Waals surface area contributed by atoms with Gasteiger partial charge in [0.25, 0.3) is 5.69 Å². The van der Waals surface area contributed by atoms with Crippen molar-refractivity contribution in [3.05, 3.63) is 81.4 Å². The van der Waals surface area contributed by atoms with Crippen LogP contribution in [-0.4, -0.2) is 33.8 Å². The molecular formula is C24H30F3NO3S. The fraction of sp³-hybridized carbons (Fsp3) is 0.417. The molecule has 0 heterocycles. The van der Waals surface area contributed by atoms with E-state index in [1.54, 1.807) is 0 Å². The van der Waals surface area contributed by atoms with Crippen molar-refractivity contribution < 1.29 is 23.2 Å². The molecule has 0 aromatic heterocycles. The first kappa shape index (κ1) is 27.7. The van der Waals surface area contributed by atoms with Gasteiger partial charge in [-0.3, -0.25) is 10.1 Å². The number of benzene rings is 2. The fourth-order valence-electron chi connectivity index (χ4n) is 3.09. The maximum Gasteiger partial charge on any atom is 0.422 e. The summed E-state index contributed by atoms with van der Waals surface area (Å²) in [5.41, 5.74) is -1.57. The minimum atomic E-state index is -4.86. The number of nitrogens with zero attached hydrogens (tertiary/aromatic N) is 1. The Hall–Kier alpha value is -2.32. The van der Waals surface area contributed by atoms with Gasteiger partial charge in [0.2, 0.25) is 0 Å². The average Bonchev–Trinajstić information content (AvgIpc) is 2.75. The molecule has 4 nitrogen and oxygen atoms in total. The molecule has 2 aromatic carbocycles. The number of alkyl halides is 3. The number of non-ortho nitro benzene ring substituents is 1. The number of halogens is 3. The van der Waals surface area contributed by atoms with Crippen molar-refractivity contribution in [2.24, 2.45) is 0 Å². The third-order valence-corrected chi connectivity index (χ3v) is 5.57. The number of aliphatic hydroxyl groups is 1. The van der Waals surface area contributed by atoms with E-state index in [-0.39, 0.29) is 16.8 Å². The predicted molar refractivity (Wildman–Crippen MR) is 126 cm³/mol. The van der Waals surface area contributed by atoms with E-state index < -0.39 is 22.5 Å². The second-order valence-corrected chi connectivity index (χ2v) is 8.16. The normalized spacial score (nSPS) is 13.7. The van der Waals surface area contributed by atoms with Crippen LogP contribution in [0, 0.1) is 17.0 Å². The van der Waals surface area contributed by atoms with Crippen molar-refractivity contribution >= 4 is 23.0 Å². The Bertz CT molecular complexity index is 901. The molecule has 0 saturated carbocycles. The van der Waals surface area contributed by atoms with Crippen LogP contribution in [-0.2, 0) is 6.42 Å². The summed E-state index contributed by atoms with van der Waals surface area (Å²) in [5.74, 6) is -0.553. The summed E-state index contributed by atoms with van der Waals surface area (Å²) in [6, 6.07) is 14.1. The lowest BCUT2D eigenvalue weighted by molar-refractivity contribution is -0.384. The van der Waals surface area contributed by atoms with Crippen LogP contribution in [0.1, 0.15) is 43.4 Å². The van der Waals surface area contributed by atoms with Gasteiger partial charge >= 0.3 is 6.18 Å². The van der Waals surface area contributed by atoms with Crippen molar-refractivity contribution in [2.75, 3.05) is 12.0 Å². The monoisotopic (exact) mass is 469 g/mol. The van der Waals surface area contributed by atoms with Crippen LogP contribution >= 0.6 is 11.8 Å². The second-order valence-electron chi connectivity index (χ2n) is 7.29. The van der Waals surface area contributed by atoms with Gasteiger partial charge in [0.05, 0.1) is 4.92 Å². The van der Waals surface area contributed by atoms with Crippen molar-refractivity contribution in [3.8, 4) is 0 Å². The molecule has 0 spiro atoms. The molecule has 1 atom stereocenters. The number of thioether (sulfide) groups is 1. The van der Waals surface area contributed by atoms with Crippen molar-refractivity contribution in [3.63, 3.8) is 0 Å². The summed E-state index contributed by atoms with van der Waals surface area (Å²) < 4.78 is 40.7. The third kappa shape index (κ3) is 7.38. The van der Waals surface area contributed by atoms with Gasteiger partial charge < -0.3 is 5.11 Å². The number of nitro groups is 1. The van der Waals surface area contributed by atoms with E-state index in [4.69, 9.17) is 0 Å². The third-order valence-electron chi connectivity index (χ3n) is 4.87. The van der Waals surface area contributed by atoms with Crippen LogP contribution in [0.15, 0.2) is 54.6 Å². The van der Waals surface area contributed by atoms with Gasteiger partial charge in [-0.25, -0.2) is 0 Å². The van der Waals surface area contributed by atoms with Crippen molar-refractivity contribution in [1.29, 1.82) is 0 Å². The van der Waals surface area contributed by atoms with Gasteiger partial charge in [-0.05, 0) is 54.4 Å². The highest BCUT2D eigenvalue weighted by Gasteiger charge is 2.56. The predicted octanol–water partition coefficient (Wildman–Crippen LogP) is 6.99. The smallest absolute Gasteiger partial charge is 0.376 e. The zero-order valence-electron chi connectivity index (χ0n) is 18.8. The maximum absolute atomic E-state index is 13.6. The minimum Gasteiger partial charge on any atom is -0.376 e. The lowest BCUT2D eigenvalue weighted by Gasteiger charge is -2.33. The van der Waals surface area contributed by atoms with Gasteiger partial charge in [-0.1, -0.05) is 56.7 Å². The van der Waals surface area contributed by atoms with E-state index in [0.29, 0.717) is 18.4 Å². The molecular weight excluding hydrogens is 439 g/mol. The number of allylic oxidation sites excluding steroid dienone is 1. The fourth-order valence-corrected chi connectivity index (χ4v) is 3.83. The highest BCUT2D eigenvalue weighted by Crippen LogP contribution is 2.44. The molecule has 0 aliphatic heterocycles. The molecule has 0 bridgehead atoms. The van der Waals surface area contributed by atoms with Crippen molar-refractivity contribution in [1.82, 2.24) is 0 Å². The van der Waals surface area contributed by atoms with Gasteiger partial charge in [-0.15, -0.1) is 0 Å². The first-order chi connectivity index (χ1) is 15.0. The van der Waals surface area contributed by atoms with Gasteiger partial charge in [0.15, 0.2) is 5.60 Å². The van der Waals surface area contributed by atoms with Gasteiger partial charge in [0, 0.05) is 17.9 Å². The topological polar surface area (TPSA) is 63.4 Å². The van der Waals surface area contributed by atoms with Crippen molar-refractivity contribution in [2.45, 2.75) is 51.8 Å². The first-order valence-electron chi connectivity index (χ1n) is 10.3. The lowest BCUT2D eigenvalue weighted by Crippen LogP contribution is -2.48. The van der Waals surface area contributed by atoms with E-state index >= 15 is 0 Å². The maximum atomic E-state index is 13.6. The average molecular weight is 470 g/mol. The molecule has 1 unspecified atom stereocenters. The number of rotatable bonds is 8. The molecule has 2 aromatic rings. The molecule has 8 heteroatoms. The summed E-state index contributed by atoms with van der Waals surface area (Å²) in [4.78, 5) is 10.2. The molecule has 0 amide bonds. The molecule has 0 radical (unpaired) electrons. The zero-order chi connectivity index (χ0) is 24.4. The molecule has 0 aliphatic carbocycles. The Balaban J connectivity index is 0.000000533. The number of unbranched alkanes of at least 4 members (excludes halogenated alkanes) is 1. The number of aryl methyl sites for hydroxylation is 2. The molecule has 32 heavy (non-hydrogen) atoms. The Morgan fingerprint density at radius 1 is 1.16 bits per heavy atom. The highest BCUT2D eigenvalue weighted by atomic mass is 32.2. The Morgan fingerprint density at radius 3 is 2.19 bits per heavy atom. The largest absolute Gasteiger partial charge is 0.422 e. The van der Waals surface area contributed by atoms with E-state index in [1.807, 2.05) is 13.0 Å². The first-order valence-corrected chi connectivity index (χ1v) is 11.7. The second kappa shape index (κ2) is 12.6. The van der Waals surface area contributed by atoms with Crippen LogP contribution < -0.4 is 0 Å². The van der Waals surface area contributed by atoms with Crippen LogP contribution in [0.2, 0.25) is 0 Å². The van der Waals surface area contributed by atoms with E-state index in [0.717, 1.165) is 24.2 Å². The lowest BCUT2D eigenvalue weighted by atomic mass is 9.85. The molecule has 1 N–H and O–H groups in total. The minimum absolute atomic E-state index is 0.169. The van der Waals surface area contributed by atoms with E-state index in [2.05, 4.69) is 31.2 Å². The Kier molecular flexibility index (Phi) is 11.0. The summed E-state index contributed by atoms with van der Waals surface area (Å²) in [7, 11) is 0. The summed E-state index contributed by atoms with van der Waals surface area (Å²) in [6.07, 6.45) is 0.112. The summed E-state index contributed by atoms with van der Waals surface area (Å²) in [5, 5.41) is 21.3. The standard InChI is InChI=1S/C16H20F3NO3S.C8H10/c1-4-5-6-14(15(21,10-24-3)16(17,18)19)13-8-7-12(20(22)23)9-11(13)2;1-2-8-6-4-3-5-7-8/h6-9,21H,4-5,10H2,1-3H3;3-7H,2H2,1H3/b14-6+;.